The highest BCUT2D eigenvalue weighted by Gasteiger charge is 2.36. The second-order valence-electron chi connectivity index (χ2n) is 6.82. The van der Waals surface area contributed by atoms with Gasteiger partial charge >= 0.3 is 0 Å². The average Bonchev–Trinajstić information content (AvgIpc) is 2.94. The van der Waals surface area contributed by atoms with Gasteiger partial charge in [-0.1, -0.05) is 32.9 Å². The molecule has 1 aromatic rings. The van der Waals surface area contributed by atoms with E-state index in [1.807, 2.05) is 25.7 Å². The van der Waals surface area contributed by atoms with Crippen molar-refractivity contribution < 1.29 is 9.32 Å². The molecule has 0 aliphatic carbocycles. The van der Waals surface area contributed by atoms with Gasteiger partial charge in [0.25, 0.3) is 5.91 Å². The van der Waals surface area contributed by atoms with Crippen molar-refractivity contribution in [3.05, 3.63) is 17.5 Å². The topological polar surface area (TPSA) is 72.4 Å². The third-order valence-electron chi connectivity index (χ3n) is 3.81. The zero-order chi connectivity index (χ0) is 14.3. The van der Waals surface area contributed by atoms with E-state index in [9.17, 15) is 4.79 Å². The van der Waals surface area contributed by atoms with Crippen molar-refractivity contribution in [2.75, 3.05) is 19.6 Å². The maximum absolute atomic E-state index is 12.4. The summed E-state index contributed by atoms with van der Waals surface area (Å²) in [6.07, 6.45) is 0.944. The number of amides is 1. The molecule has 1 fully saturated rings. The maximum Gasteiger partial charge on any atom is 0.276 e. The van der Waals surface area contributed by atoms with Gasteiger partial charge in [0.15, 0.2) is 5.69 Å². The molecule has 5 nitrogen and oxygen atoms in total. The molecule has 1 atom stereocenters. The van der Waals surface area contributed by atoms with Gasteiger partial charge in [0, 0.05) is 24.6 Å². The van der Waals surface area contributed by atoms with Crippen LogP contribution < -0.4 is 5.73 Å². The first-order valence-electron chi connectivity index (χ1n) is 6.72. The molecule has 19 heavy (non-hydrogen) atoms. The van der Waals surface area contributed by atoms with E-state index in [0.29, 0.717) is 18.8 Å². The van der Waals surface area contributed by atoms with Crippen LogP contribution in [0, 0.1) is 5.41 Å². The van der Waals surface area contributed by atoms with E-state index in [0.717, 1.165) is 18.7 Å². The summed E-state index contributed by atoms with van der Waals surface area (Å²) in [6, 6.07) is 1.75. The Morgan fingerprint density at radius 1 is 1.58 bits per heavy atom. The summed E-state index contributed by atoms with van der Waals surface area (Å²) in [5.41, 5.74) is 6.05. The molecule has 2 rings (SSSR count). The van der Waals surface area contributed by atoms with Crippen molar-refractivity contribution in [2.24, 2.45) is 11.1 Å². The molecule has 106 valence electrons. The predicted molar refractivity (Wildman–Crippen MR) is 72.9 cm³/mol. The summed E-state index contributed by atoms with van der Waals surface area (Å²) in [6.45, 7) is 10.2. The molecule has 1 saturated heterocycles. The number of nitrogens with zero attached hydrogens (tertiary/aromatic N) is 2. The average molecular weight is 265 g/mol. The first-order valence-corrected chi connectivity index (χ1v) is 6.72. The number of likely N-dealkylation sites (tertiary alicyclic amines) is 1. The first-order chi connectivity index (χ1) is 8.75. The Morgan fingerprint density at radius 3 is 2.74 bits per heavy atom. The fourth-order valence-corrected chi connectivity index (χ4v) is 2.26. The van der Waals surface area contributed by atoms with Gasteiger partial charge in [-0.05, 0) is 18.4 Å². The van der Waals surface area contributed by atoms with Gasteiger partial charge in [-0.15, -0.1) is 0 Å². The van der Waals surface area contributed by atoms with Crippen molar-refractivity contribution in [1.29, 1.82) is 0 Å². The van der Waals surface area contributed by atoms with Crippen LogP contribution in [-0.2, 0) is 5.41 Å². The smallest absolute Gasteiger partial charge is 0.276 e. The van der Waals surface area contributed by atoms with Crippen molar-refractivity contribution >= 4 is 5.91 Å². The summed E-state index contributed by atoms with van der Waals surface area (Å²) in [5, 5.41) is 3.90. The molecule has 0 bridgehead atoms. The van der Waals surface area contributed by atoms with Crippen LogP contribution in [0.5, 0.6) is 0 Å². The molecule has 0 aromatic carbocycles. The fourth-order valence-electron chi connectivity index (χ4n) is 2.26. The van der Waals surface area contributed by atoms with Crippen LogP contribution in [0.3, 0.4) is 0 Å². The van der Waals surface area contributed by atoms with Gasteiger partial charge < -0.3 is 15.2 Å². The highest BCUT2D eigenvalue weighted by Crippen LogP contribution is 2.30. The fraction of sp³-hybridized carbons (Fsp3) is 0.714. The minimum Gasteiger partial charge on any atom is -0.360 e. The Morgan fingerprint density at radius 2 is 2.26 bits per heavy atom. The highest BCUT2D eigenvalue weighted by molar-refractivity contribution is 5.92. The SMILES string of the molecule is CC1(CN)CCN(C(=O)c2cc(C(C)(C)C)on2)C1. The van der Waals surface area contributed by atoms with Crippen LogP contribution in [0.15, 0.2) is 10.6 Å². The lowest BCUT2D eigenvalue weighted by Gasteiger charge is -2.21. The minimum atomic E-state index is -0.137. The van der Waals surface area contributed by atoms with Crippen molar-refractivity contribution in [1.82, 2.24) is 10.1 Å². The zero-order valence-electron chi connectivity index (χ0n) is 12.2. The quantitative estimate of drug-likeness (QED) is 0.884. The Balaban J connectivity index is 2.11. The normalized spacial score (nSPS) is 23.9. The summed E-state index contributed by atoms with van der Waals surface area (Å²) in [4.78, 5) is 14.2. The lowest BCUT2D eigenvalue weighted by molar-refractivity contribution is 0.0766. The molecule has 1 amide bonds. The van der Waals surface area contributed by atoms with E-state index < -0.39 is 0 Å². The van der Waals surface area contributed by atoms with Crippen LogP contribution in [-0.4, -0.2) is 35.6 Å². The second-order valence-corrected chi connectivity index (χ2v) is 6.82. The number of rotatable bonds is 2. The molecule has 0 saturated carbocycles. The predicted octanol–water partition coefficient (Wildman–Crippen LogP) is 1.78. The number of hydrogen-bond donors (Lipinski definition) is 1. The van der Waals surface area contributed by atoms with Crippen molar-refractivity contribution in [3.8, 4) is 0 Å². The first kappa shape index (κ1) is 14.1. The molecule has 5 heteroatoms. The third-order valence-corrected chi connectivity index (χ3v) is 3.81. The van der Waals surface area contributed by atoms with E-state index in [4.69, 9.17) is 10.3 Å². The van der Waals surface area contributed by atoms with E-state index in [1.54, 1.807) is 6.07 Å². The monoisotopic (exact) mass is 265 g/mol. The van der Waals surface area contributed by atoms with Gasteiger partial charge in [0.05, 0.1) is 0 Å². The molecular formula is C14H23N3O2. The zero-order valence-corrected chi connectivity index (χ0v) is 12.2. The molecule has 2 N–H and O–H groups in total. The van der Waals surface area contributed by atoms with Crippen LogP contribution in [0.1, 0.15) is 50.4 Å². The van der Waals surface area contributed by atoms with Gasteiger partial charge in [0.2, 0.25) is 0 Å². The van der Waals surface area contributed by atoms with Crippen LogP contribution in [0.25, 0.3) is 0 Å². The number of aromatic nitrogens is 1. The largest absolute Gasteiger partial charge is 0.360 e. The van der Waals surface area contributed by atoms with Gasteiger partial charge in [-0.3, -0.25) is 4.79 Å². The molecule has 1 aliphatic heterocycles. The molecule has 0 radical (unpaired) electrons. The van der Waals surface area contributed by atoms with E-state index in [1.165, 1.54) is 0 Å². The van der Waals surface area contributed by atoms with Gasteiger partial charge in [0.1, 0.15) is 5.76 Å². The third kappa shape index (κ3) is 2.81. The Hall–Kier alpha value is -1.36. The molecule has 0 spiro atoms. The van der Waals surface area contributed by atoms with E-state index in [-0.39, 0.29) is 16.7 Å². The van der Waals surface area contributed by atoms with Crippen LogP contribution in [0.2, 0.25) is 0 Å². The molecule has 1 aromatic heterocycles. The molecule has 2 heterocycles. The maximum atomic E-state index is 12.4. The lowest BCUT2D eigenvalue weighted by atomic mass is 9.90. The second kappa shape index (κ2) is 4.63. The summed E-state index contributed by atoms with van der Waals surface area (Å²) in [5.74, 6) is 0.674. The minimum absolute atomic E-state index is 0.0340. The van der Waals surface area contributed by atoms with E-state index in [2.05, 4.69) is 12.1 Å². The number of hydrogen-bond acceptors (Lipinski definition) is 4. The molecular weight excluding hydrogens is 242 g/mol. The van der Waals surface area contributed by atoms with E-state index >= 15 is 0 Å². The van der Waals surface area contributed by atoms with Gasteiger partial charge in [-0.25, -0.2) is 0 Å². The standard InChI is InChI=1S/C14H23N3O2/c1-13(2,3)11-7-10(16-19-11)12(18)17-6-5-14(4,8-15)9-17/h7H,5-6,8-9,15H2,1-4H3. The summed E-state index contributed by atoms with van der Waals surface area (Å²) >= 11 is 0. The molecule has 1 unspecified atom stereocenters. The Kier molecular flexibility index (Phi) is 3.43. The van der Waals surface area contributed by atoms with Gasteiger partial charge in [-0.2, -0.15) is 0 Å². The van der Waals surface area contributed by atoms with Crippen LogP contribution in [0.4, 0.5) is 0 Å². The van der Waals surface area contributed by atoms with Crippen LogP contribution >= 0.6 is 0 Å². The Bertz CT molecular complexity index is 475. The van der Waals surface area contributed by atoms with Crippen molar-refractivity contribution in [3.63, 3.8) is 0 Å². The Labute approximate surface area is 114 Å². The summed E-state index contributed by atoms with van der Waals surface area (Å²) in [7, 11) is 0. The number of nitrogens with two attached hydrogens (primary N) is 1. The number of carbonyl (C=O) groups is 1. The lowest BCUT2D eigenvalue weighted by Crippen LogP contribution is -2.34. The highest BCUT2D eigenvalue weighted by atomic mass is 16.5. The summed E-state index contributed by atoms with van der Waals surface area (Å²) < 4.78 is 5.27. The molecule has 1 aliphatic rings. The van der Waals surface area contributed by atoms with Crippen molar-refractivity contribution in [2.45, 2.75) is 39.5 Å². The number of carbonyl (C=O) groups excluding carboxylic acids is 1.